The molecule has 3 rings (SSSR count). The molecule has 8 heteroatoms. The van der Waals surface area contributed by atoms with Crippen LogP contribution in [0.3, 0.4) is 0 Å². The van der Waals surface area contributed by atoms with Crippen LogP contribution >= 0.6 is 0 Å². The van der Waals surface area contributed by atoms with E-state index < -0.39 is 17.7 Å². The van der Waals surface area contributed by atoms with Crippen molar-refractivity contribution in [2.24, 2.45) is 0 Å². The first kappa shape index (κ1) is 16.8. The summed E-state index contributed by atoms with van der Waals surface area (Å²) in [5, 5.41) is 2.78. The highest BCUT2D eigenvalue weighted by atomic mass is 19.4. The summed E-state index contributed by atoms with van der Waals surface area (Å²) < 4.78 is 48.0. The molecule has 0 atom stereocenters. The number of hydrogen-bond acceptors (Lipinski definition) is 5. The van der Waals surface area contributed by atoms with Crippen LogP contribution in [0.25, 0.3) is 11.1 Å². The number of esters is 1. The largest absolute Gasteiger partial charge is 0.462 e. The van der Waals surface area contributed by atoms with Gasteiger partial charge >= 0.3 is 12.1 Å². The third-order valence-corrected chi connectivity index (χ3v) is 3.36. The maximum atomic E-state index is 12.6. The first-order valence-corrected chi connectivity index (χ1v) is 7.39. The molecule has 1 aromatic heterocycles. The second-order valence-corrected chi connectivity index (χ2v) is 5.12. The van der Waals surface area contributed by atoms with Crippen molar-refractivity contribution in [3.8, 4) is 0 Å². The van der Waals surface area contributed by atoms with E-state index in [0.29, 0.717) is 22.4 Å². The summed E-state index contributed by atoms with van der Waals surface area (Å²) in [4.78, 5) is 15.9. The lowest BCUT2D eigenvalue weighted by Crippen LogP contribution is -2.04. The number of nitrogens with zero attached hydrogens (tertiary/aromatic N) is 1. The molecule has 130 valence electrons. The van der Waals surface area contributed by atoms with Crippen LogP contribution in [-0.4, -0.2) is 17.6 Å². The van der Waals surface area contributed by atoms with Gasteiger partial charge in [0.05, 0.1) is 17.7 Å². The van der Waals surface area contributed by atoms with E-state index in [-0.39, 0.29) is 12.6 Å². The molecule has 3 aromatic rings. The lowest BCUT2D eigenvalue weighted by Gasteiger charge is -2.07. The number of alkyl halides is 3. The number of oxazole rings is 1. The van der Waals surface area contributed by atoms with Gasteiger partial charge in [-0.15, -0.1) is 0 Å². The van der Waals surface area contributed by atoms with Gasteiger partial charge in [0, 0.05) is 5.69 Å². The molecule has 5 nitrogen and oxygen atoms in total. The van der Waals surface area contributed by atoms with Crippen LogP contribution in [-0.2, 0) is 10.9 Å². The second-order valence-electron chi connectivity index (χ2n) is 5.12. The molecule has 0 aliphatic carbocycles. The molecule has 1 N–H and O–H groups in total. The fourth-order valence-corrected chi connectivity index (χ4v) is 2.19. The summed E-state index contributed by atoms with van der Waals surface area (Å²) in [7, 11) is 0. The molecule has 2 aromatic carbocycles. The quantitative estimate of drug-likeness (QED) is 0.687. The number of ether oxygens (including phenoxy) is 1. The monoisotopic (exact) mass is 350 g/mol. The number of benzene rings is 2. The number of carbonyl (C=O) groups is 1. The highest BCUT2D eigenvalue weighted by Crippen LogP contribution is 2.30. The zero-order valence-electron chi connectivity index (χ0n) is 13.1. The number of carbonyl (C=O) groups excluding carboxylic acids is 1. The minimum atomic E-state index is -4.39. The summed E-state index contributed by atoms with van der Waals surface area (Å²) in [5.41, 5.74) is 0.853. The molecular weight excluding hydrogens is 337 g/mol. The summed E-state index contributed by atoms with van der Waals surface area (Å²) in [6.45, 7) is 1.97. The Bertz CT molecular complexity index is 902. The van der Waals surface area contributed by atoms with E-state index in [1.165, 1.54) is 18.2 Å². The zero-order chi connectivity index (χ0) is 18.0. The van der Waals surface area contributed by atoms with Crippen molar-refractivity contribution in [3.05, 3.63) is 53.6 Å². The van der Waals surface area contributed by atoms with Crippen molar-refractivity contribution in [1.82, 2.24) is 4.98 Å². The maximum absolute atomic E-state index is 12.6. The topological polar surface area (TPSA) is 64.4 Å². The average molecular weight is 350 g/mol. The summed E-state index contributed by atoms with van der Waals surface area (Å²) in [6.07, 6.45) is -4.39. The van der Waals surface area contributed by atoms with Crippen molar-refractivity contribution in [1.29, 1.82) is 0 Å². The molecule has 0 unspecified atom stereocenters. The number of aromatic nitrogens is 1. The summed E-state index contributed by atoms with van der Waals surface area (Å²) >= 11 is 0. The van der Waals surface area contributed by atoms with Gasteiger partial charge in [-0.05, 0) is 49.4 Å². The van der Waals surface area contributed by atoms with Gasteiger partial charge < -0.3 is 14.5 Å². The van der Waals surface area contributed by atoms with Crippen LogP contribution in [0.5, 0.6) is 0 Å². The van der Waals surface area contributed by atoms with Crippen LogP contribution < -0.4 is 5.32 Å². The fourth-order valence-electron chi connectivity index (χ4n) is 2.19. The molecule has 0 bridgehead atoms. The van der Waals surface area contributed by atoms with Gasteiger partial charge in [-0.3, -0.25) is 0 Å². The van der Waals surface area contributed by atoms with Crippen molar-refractivity contribution < 1.29 is 27.1 Å². The van der Waals surface area contributed by atoms with Gasteiger partial charge in [0.2, 0.25) is 0 Å². The predicted octanol–water partition coefficient (Wildman–Crippen LogP) is 4.77. The van der Waals surface area contributed by atoms with Gasteiger partial charge in [-0.2, -0.15) is 18.2 Å². The minimum Gasteiger partial charge on any atom is -0.462 e. The van der Waals surface area contributed by atoms with Gasteiger partial charge in [0.1, 0.15) is 5.52 Å². The van der Waals surface area contributed by atoms with Crippen molar-refractivity contribution in [3.63, 3.8) is 0 Å². The smallest absolute Gasteiger partial charge is 0.416 e. The van der Waals surface area contributed by atoms with Gasteiger partial charge in [0.15, 0.2) is 5.58 Å². The van der Waals surface area contributed by atoms with Gasteiger partial charge in [-0.25, -0.2) is 4.79 Å². The molecule has 0 aliphatic rings. The third kappa shape index (κ3) is 3.73. The Balaban J connectivity index is 1.81. The third-order valence-electron chi connectivity index (χ3n) is 3.36. The lowest BCUT2D eigenvalue weighted by molar-refractivity contribution is -0.137. The number of nitrogens with one attached hydrogen (secondary N) is 1. The minimum absolute atomic E-state index is 0.107. The van der Waals surface area contributed by atoms with Crippen LogP contribution in [0.1, 0.15) is 22.8 Å². The van der Waals surface area contributed by atoms with Crippen molar-refractivity contribution >= 4 is 28.8 Å². The van der Waals surface area contributed by atoms with Gasteiger partial charge in [0.25, 0.3) is 6.01 Å². The highest BCUT2D eigenvalue weighted by molar-refractivity contribution is 5.93. The standard InChI is InChI=1S/C17H13F3N2O3/c1-2-24-15(23)10-3-8-14-13(9-10)22-16(25-14)21-12-6-4-11(5-7-12)17(18,19)20/h3-9H,2H2,1H3,(H,21,22). The van der Waals surface area contributed by atoms with Crippen LogP contribution in [0.15, 0.2) is 46.9 Å². The number of rotatable bonds is 4. The van der Waals surface area contributed by atoms with Crippen LogP contribution in [0.4, 0.5) is 24.9 Å². The van der Waals surface area contributed by atoms with Crippen molar-refractivity contribution in [2.45, 2.75) is 13.1 Å². The Kier molecular flexibility index (Phi) is 4.35. The van der Waals surface area contributed by atoms with Crippen LogP contribution in [0.2, 0.25) is 0 Å². The molecule has 1 heterocycles. The van der Waals surface area contributed by atoms with E-state index in [9.17, 15) is 18.0 Å². The number of fused-ring (bicyclic) bond motifs is 1. The Morgan fingerprint density at radius 3 is 2.56 bits per heavy atom. The van der Waals surface area contributed by atoms with E-state index in [1.807, 2.05) is 0 Å². The fraction of sp³-hybridized carbons (Fsp3) is 0.176. The Labute approximate surface area is 140 Å². The molecule has 0 aliphatic heterocycles. The first-order chi connectivity index (χ1) is 11.9. The van der Waals surface area contributed by atoms with Crippen molar-refractivity contribution in [2.75, 3.05) is 11.9 Å². The normalized spacial score (nSPS) is 11.5. The highest BCUT2D eigenvalue weighted by Gasteiger charge is 2.29. The van der Waals surface area contributed by atoms with Crippen LogP contribution in [0, 0.1) is 0 Å². The summed E-state index contributed by atoms with van der Waals surface area (Å²) in [5.74, 6) is -0.468. The Hall–Kier alpha value is -3.03. The van der Waals surface area contributed by atoms with Gasteiger partial charge in [-0.1, -0.05) is 0 Å². The zero-order valence-corrected chi connectivity index (χ0v) is 13.1. The molecule has 0 saturated heterocycles. The molecule has 0 amide bonds. The van der Waals surface area contributed by atoms with E-state index >= 15 is 0 Å². The Morgan fingerprint density at radius 2 is 1.92 bits per heavy atom. The summed E-state index contributed by atoms with van der Waals surface area (Å²) in [6, 6.07) is 9.24. The van der Waals surface area contributed by atoms with E-state index in [4.69, 9.17) is 9.15 Å². The first-order valence-electron chi connectivity index (χ1n) is 7.39. The second kappa shape index (κ2) is 6.46. The lowest BCUT2D eigenvalue weighted by atomic mass is 10.2. The van der Waals surface area contributed by atoms with E-state index in [0.717, 1.165) is 12.1 Å². The van der Waals surface area contributed by atoms with E-state index in [2.05, 4.69) is 10.3 Å². The molecule has 0 radical (unpaired) electrons. The SMILES string of the molecule is CCOC(=O)c1ccc2oc(Nc3ccc(C(F)(F)F)cc3)nc2c1. The Morgan fingerprint density at radius 1 is 1.20 bits per heavy atom. The average Bonchev–Trinajstić information content (AvgIpc) is 2.96. The number of anilines is 2. The number of hydrogen-bond donors (Lipinski definition) is 1. The molecule has 0 fully saturated rings. The molecule has 25 heavy (non-hydrogen) atoms. The predicted molar refractivity (Wildman–Crippen MR) is 84.7 cm³/mol. The maximum Gasteiger partial charge on any atom is 0.416 e. The van der Waals surface area contributed by atoms with E-state index in [1.54, 1.807) is 19.1 Å². The molecule has 0 saturated carbocycles. The molecular formula is C17H13F3N2O3. The number of halogens is 3. The molecule has 0 spiro atoms.